The summed E-state index contributed by atoms with van der Waals surface area (Å²) in [6, 6.07) is 1.50. The lowest BCUT2D eigenvalue weighted by molar-refractivity contribution is 0.521. The van der Waals surface area contributed by atoms with E-state index in [1.165, 1.54) is 31.5 Å². The highest BCUT2D eigenvalue weighted by Crippen LogP contribution is 2.23. The lowest BCUT2D eigenvalue weighted by Crippen LogP contribution is -2.27. The molecule has 94 valence electrons. The lowest BCUT2D eigenvalue weighted by atomic mass is 10.0. The van der Waals surface area contributed by atoms with Gasteiger partial charge in [0.15, 0.2) is 0 Å². The molecule has 1 unspecified atom stereocenters. The molecule has 0 aromatic carbocycles. The zero-order valence-corrected chi connectivity index (χ0v) is 10.3. The van der Waals surface area contributed by atoms with Crippen molar-refractivity contribution in [3.63, 3.8) is 0 Å². The third-order valence-electron chi connectivity index (χ3n) is 3.45. The number of rotatable bonds is 2. The maximum Gasteiger partial charge on any atom is 0.141 e. The summed E-state index contributed by atoms with van der Waals surface area (Å²) in [7, 11) is 0. The predicted molar refractivity (Wildman–Crippen MR) is 67.3 cm³/mol. The van der Waals surface area contributed by atoms with Crippen LogP contribution in [0.5, 0.6) is 0 Å². The van der Waals surface area contributed by atoms with Crippen molar-refractivity contribution in [2.24, 2.45) is 11.7 Å². The Kier molecular flexibility index (Phi) is 3.94. The highest BCUT2D eigenvalue weighted by Gasteiger charge is 2.17. The molecule has 0 aliphatic carbocycles. The Balaban J connectivity index is 2.20. The first-order chi connectivity index (χ1) is 8.20. The van der Waals surface area contributed by atoms with Gasteiger partial charge in [-0.15, -0.1) is 0 Å². The van der Waals surface area contributed by atoms with Crippen LogP contribution < -0.4 is 10.6 Å². The quantitative estimate of drug-likeness (QED) is 0.858. The molecule has 2 heterocycles. The first-order valence-corrected chi connectivity index (χ1v) is 6.30. The average Bonchev–Trinajstić information content (AvgIpc) is 2.54. The number of aromatic nitrogens is 1. The molecule has 0 amide bonds. The molecule has 3 nitrogen and oxygen atoms in total. The SMILES string of the molecule is CC1CCCN(c2ncc(F)cc2CN)CC1. The molecule has 2 rings (SSSR count). The predicted octanol–water partition coefficient (Wildman–Crippen LogP) is 2.31. The van der Waals surface area contributed by atoms with E-state index in [-0.39, 0.29) is 5.82 Å². The average molecular weight is 237 g/mol. The first kappa shape index (κ1) is 12.3. The number of hydrogen-bond acceptors (Lipinski definition) is 3. The van der Waals surface area contributed by atoms with Crippen LogP contribution in [0, 0.1) is 11.7 Å². The summed E-state index contributed by atoms with van der Waals surface area (Å²) < 4.78 is 13.1. The number of pyridine rings is 1. The van der Waals surface area contributed by atoms with Gasteiger partial charge in [-0.05, 0) is 31.2 Å². The number of halogens is 1. The van der Waals surface area contributed by atoms with Crippen molar-refractivity contribution in [3.05, 3.63) is 23.6 Å². The minimum atomic E-state index is -0.308. The molecular formula is C13H20FN3. The van der Waals surface area contributed by atoms with E-state index in [0.29, 0.717) is 6.54 Å². The molecule has 0 radical (unpaired) electrons. The summed E-state index contributed by atoms with van der Waals surface area (Å²) in [5.41, 5.74) is 6.46. The summed E-state index contributed by atoms with van der Waals surface area (Å²) in [5.74, 6) is 1.32. The summed E-state index contributed by atoms with van der Waals surface area (Å²) in [5, 5.41) is 0. The second-order valence-electron chi connectivity index (χ2n) is 4.86. The van der Waals surface area contributed by atoms with Gasteiger partial charge in [0.05, 0.1) is 6.20 Å². The lowest BCUT2D eigenvalue weighted by Gasteiger charge is -2.23. The number of nitrogens with zero attached hydrogens (tertiary/aromatic N) is 2. The molecule has 1 fully saturated rings. The molecule has 1 saturated heterocycles. The third-order valence-corrected chi connectivity index (χ3v) is 3.45. The maximum absolute atomic E-state index is 13.1. The van der Waals surface area contributed by atoms with Gasteiger partial charge in [-0.2, -0.15) is 0 Å². The standard InChI is InChI=1S/C13H20FN3/c1-10-3-2-5-17(6-4-10)13-11(8-15)7-12(14)9-16-13/h7,9-10H,2-6,8,15H2,1H3. The van der Waals surface area contributed by atoms with Crippen LogP contribution in [-0.2, 0) is 6.54 Å². The van der Waals surface area contributed by atoms with Gasteiger partial charge in [0.1, 0.15) is 11.6 Å². The second-order valence-corrected chi connectivity index (χ2v) is 4.86. The maximum atomic E-state index is 13.1. The van der Waals surface area contributed by atoms with Crippen molar-refractivity contribution >= 4 is 5.82 Å². The Bertz CT molecular complexity index is 381. The summed E-state index contributed by atoms with van der Waals surface area (Å²) in [4.78, 5) is 6.45. The van der Waals surface area contributed by atoms with Gasteiger partial charge in [0.25, 0.3) is 0 Å². The topological polar surface area (TPSA) is 42.2 Å². The highest BCUT2D eigenvalue weighted by molar-refractivity contribution is 5.47. The van der Waals surface area contributed by atoms with E-state index in [1.807, 2.05) is 0 Å². The van der Waals surface area contributed by atoms with Gasteiger partial charge in [0.2, 0.25) is 0 Å². The summed E-state index contributed by atoms with van der Waals surface area (Å²) in [6.45, 7) is 4.61. The Hall–Kier alpha value is -1.16. The normalized spacial score (nSPS) is 21.4. The fraction of sp³-hybridized carbons (Fsp3) is 0.615. The van der Waals surface area contributed by atoms with Crippen LogP contribution in [-0.4, -0.2) is 18.1 Å². The van der Waals surface area contributed by atoms with Crippen LogP contribution in [0.1, 0.15) is 31.7 Å². The van der Waals surface area contributed by atoms with E-state index in [2.05, 4.69) is 16.8 Å². The Morgan fingerprint density at radius 2 is 2.29 bits per heavy atom. The minimum Gasteiger partial charge on any atom is -0.356 e. The molecule has 17 heavy (non-hydrogen) atoms. The van der Waals surface area contributed by atoms with Crippen molar-refractivity contribution in [2.45, 2.75) is 32.7 Å². The van der Waals surface area contributed by atoms with E-state index in [0.717, 1.165) is 30.4 Å². The molecule has 0 spiro atoms. The Labute approximate surface area is 102 Å². The van der Waals surface area contributed by atoms with Crippen LogP contribution in [0.25, 0.3) is 0 Å². The van der Waals surface area contributed by atoms with E-state index < -0.39 is 0 Å². The molecule has 1 aromatic heterocycles. The van der Waals surface area contributed by atoms with Crippen LogP contribution in [0.15, 0.2) is 12.3 Å². The van der Waals surface area contributed by atoms with Crippen molar-refractivity contribution in [3.8, 4) is 0 Å². The van der Waals surface area contributed by atoms with Crippen molar-refractivity contribution < 1.29 is 4.39 Å². The van der Waals surface area contributed by atoms with Gasteiger partial charge in [-0.25, -0.2) is 9.37 Å². The van der Waals surface area contributed by atoms with Crippen LogP contribution >= 0.6 is 0 Å². The van der Waals surface area contributed by atoms with Gasteiger partial charge >= 0.3 is 0 Å². The van der Waals surface area contributed by atoms with Gasteiger partial charge in [0, 0.05) is 25.2 Å². The highest BCUT2D eigenvalue weighted by atomic mass is 19.1. The van der Waals surface area contributed by atoms with Crippen LogP contribution in [0.4, 0.5) is 10.2 Å². The van der Waals surface area contributed by atoms with Gasteiger partial charge in [-0.3, -0.25) is 0 Å². The molecular weight excluding hydrogens is 217 g/mol. The van der Waals surface area contributed by atoms with Gasteiger partial charge in [-0.1, -0.05) is 6.92 Å². The molecule has 0 saturated carbocycles. The molecule has 1 atom stereocenters. The third kappa shape index (κ3) is 2.94. The van der Waals surface area contributed by atoms with E-state index >= 15 is 0 Å². The first-order valence-electron chi connectivity index (χ1n) is 6.30. The van der Waals surface area contributed by atoms with Crippen molar-refractivity contribution in [1.29, 1.82) is 0 Å². The monoisotopic (exact) mass is 237 g/mol. The van der Waals surface area contributed by atoms with Crippen LogP contribution in [0.2, 0.25) is 0 Å². The smallest absolute Gasteiger partial charge is 0.141 e. The fourth-order valence-electron chi connectivity index (χ4n) is 2.38. The molecule has 4 heteroatoms. The fourth-order valence-corrected chi connectivity index (χ4v) is 2.38. The molecule has 0 bridgehead atoms. The molecule has 1 aromatic rings. The van der Waals surface area contributed by atoms with E-state index in [4.69, 9.17) is 5.73 Å². The second kappa shape index (κ2) is 5.45. The van der Waals surface area contributed by atoms with E-state index in [1.54, 1.807) is 0 Å². The number of hydrogen-bond donors (Lipinski definition) is 1. The largest absolute Gasteiger partial charge is 0.356 e. The summed E-state index contributed by atoms with van der Waals surface area (Å²) in [6.07, 6.45) is 4.88. The Morgan fingerprint density at radius 1 is 1.47 bits per heavy atom. The number of nitrogens with two attached hydrogens (primary N) is 1. The number of anilines is 1. The molecule has 2 N–H and O–H groups in total. The zero-order chi connectivity index (χ0) is 12.3. The van der Waals surface area contributed by atoms with Crippen LogP contribution in [0.3, 0.4) is 0 Å². The molecule has 1 aliphatic heterocycles. The zero-order valence-electron chi connectivity index (χ0n) is 10.3. The van der Waals surface area contributed by atoms with Gasteiger partial charge < -0.3 is 10.6 Å². The van der Waals surface area contributed by atoms with Crippen molar-refractivity contribution in [1.82, 2.24) is 4.98 Å². The van der Waals surface area contributed by atoms with Crippen molar-refractivity contribution in [2.75, 3.05) is 18.0 Å². The Morgan fingerprint density at radius 3 is 3.06 bits per heavy atom. The minimum absolute atomic E-state index is 0.308. The summed E-state index contributed by atoms with van der Waals surface area (Å²) >= 11 is 0. The molecule has 1 aliphatic rings. The van der Waals surface area contributed by atoms with E-state index in [9.17, 15) is 4.39 Å².